The Morgan fingerprint density at radius 2 is 1.76 bits per heavy atom. The van der Waals surface area contributed by atoms with Crippen LogP contribution in [0.2, 0.25) is 0 Å². The van der Waals surface area contributed by atoms with E-state index < -0.39 is 0 Å². The van der Waals surface area contributed by atoms with E-state index in [9.17, 15) is 9.59 Å². The molecule has 0 aromatic carbocycles. The lowest BCUT2D eigenvalue weighted by Gasteiger charge is -2.61. The highest BCUT2D eigenvalue weighted by Gasteiger charge is 2.63. The number of likely N-dealkylation sites (tertiary alicyclic amines) is 1. The molecule has 1 amide bonds. The van der Waals surface area contributed by atoms with Crippen LogP contribution >= 0.6 is 0 Å². The standard InChI is InChI=1S/C22H35NO2/c1-13(2)15-12-17-14-6-7-18-21(3,11-9-19(24)23(18)5)16(14)8-10-22(17,4)20(15)25/h13-18H,6-12H2,1-5H3/t14?,15-,16?,17?,18-,21?,22?/m1/s1. The van der Waals surface area contributed by atoms with E-state index in [0.29, 0.717) is 47.8 Å². The summed E-state index contributed by atoms with van der Waals surface area (Å²) in [5, 5.41) is 0. The van der Waals surface area contributed by atoms with Crippen molar-refractivity contribution >= 4 is 11.7 Å². The highest BCUT2D eigenvalue weighted by atomic mass is 16.2. The second-order valence-corrected chi connectivity index (χ2v) is 10.4. The summed E-state index contributed by atoms with van der Waals surface area (Å²) < 4.78 is 0. The Kier molecular flexibility index (Phi) is 3.91. The fraction of sp³-hybridized carbons (Fsp3) is 0.909. The van der Waals surface area contributed by atoms with E-state index in [0.717, 1.165) is 25.7 Å². The highest BCUT2D eigenvalue weighted by Crippen LogP contribution is 2.65. The first-order valence-corrected chi connectivity index (χ1v) is 10.5. The predicted octanol–water partition coefficient (Wildman–Crippen LogP) is 4.30. The lowest BCUT2D eigenvalue weighted by molar-refractivity contribution is -0.158. The number of ketones is 1. The van der Waals surface area contributed by atoms with Crippen LogP contribution in [-0.4, -0.2) is 29.7 Å². The molecule has 1 saturated heterocycles. The SMILES string of the molecule is CC(C)[C@H]1CC2C3CC[C@H]4N(C)C(=O)CCC4(C)C3CCC2(C)C1=O. The van der Waals surface area contributed by atoms with E-state index in [1.807, 2.05) is 7.05 Å². The summed E-state index contributed by atoms with van der Waals surface area (Å²) in [7, 11) is 2.02. The molecule has 3 nitrogen and oxygen atoms in total. The normalized spacial score (nSPS) is 49.8. The molecular formula is C22H35NO2. The van der Waals surface area contributed by atoms with Gasteiger partial charge in [0.25, 0.3) is 0 Å². The third kappa shape index (κ3) is 2.23. The third-order valence-corrected chi connectivity index (χ3v) is 9.16. The van der Waals surface area contributed by atoms with Crippen molar-refractivity contribution in [1.29, 1.82) is 0 Å². The minimum absolute atomic E-state index is 0.0737. The van der Waals surface area contributed by atoms with Gasteiger partial charge in [0.15, 0.2) is 0 Å². The zero-order valence-electron chi connectivity index (χ0n) is 16.7. The molecule has 3 aliphatic carbocycles. The summed E-state index contributed by atoms with van der Waals surface area (Å²) in [6.07, 6.45) is 7.47. The Labute approximate surface area is 152 Å². The number of Topliss-reactive ketones (excluding diaryl/α,β-unsaturated/α-hetero) is 1. The van der Waals surface area contributed by atoms with Crippen molar-refractivity contribution < 1.29 is 9.59 Å². The average Bonchev–Trinajstić information content (AvgIpc) is 2.83. The molecule has 7 atom stereocenters. The number of hydrogen-bond donors (Lipinski definition) is 0. The summed E-state index contributed by atoms with van der Waals surface area (Å²) in [5.41, 5.74) is 0.182. The number of hydrogen-bond acceptors (Lipinski definition) is 2. The smallest absolute Gasteiger partial charge is 0.222 e. The first-order valence-electron chi connectivity index (χ1n) is 10.5. The molecule has 0 aromatic rings. The van der Waals surface area contributed by atoms with E-state index in [2.05, 4.69) is 32.6 Å². The molecule has 140 valence electrons. The van der Waals surface area contributed by atoms with Crippen molar-refractivity contribution in [3.8, 4) is 0 Å². The highest BCUT2D eigenvalue weighted by molar-refractivity contribution is 5.89. The van der Waals surface area contributed by atoms with Crippen molar-refractivity contribution in [2.24, 2.45) is 40.4 Å². The Morgan fingerprint density at radius 3 is 2.44 bits per heavy atom. The number of piperidine rings is 1. The minimum atomic E-state index is -0.0737. The fourth-order valence-corrected chi connectivity index (χ4v) is 7.59. The molecule has 0 aromatic heterocycles. The molecule has 4 aliphatic rings. The van der Waals surface area contributed by atoms with Gasteiger partial charge in [-0.15, -0.1) is 0 Å². The molecule has 0 N–H and O–H groups in total. The van der Waals surface area contributed by atoms with Gasteiger partial charge in [-0.3, -0.25) is 9.59 Å². The number of amides is 1. The molecule has 1 heterocycles. The van der Waals surface area contributed by atoms with Gasteiger partial charge >= 0.3 is 0 Å². The van der Waals surface area contributed by atoms with E-state index in [1.54, 1.807) is 0 Å². The number of carbonyl (C=O) groups excluding carboxylic acids is 2. The van der Waals surface area contributed by atoms with Crippen molar-refractivity contribution in [3.63, 3.8) is 0 Å². The molecule has 0 bridgehead atoms. The maximum absolute atomic E-state index is 13.2. The first-order chi connectivity index (χ1) is 11.7. The Hall–Kier alpha value is -0.860. The minimum Gasteiger partial charge on any atom is -0.342 e. The van der Waals surface area contributed by atoms with Crippen molar-refractivity contribution in [2.45, 2.75) is 78.7 Å². The van der Waals surface area contributed by atoms with Gasteiger partial charge in [0.2, 0.25) is 5.91 Å². The number of carbonyl (C=O) groups is 2. The summed E-state index contributed by atoms with van der Waals surface area (Å²) in [6, 6.07) is 0.414. The molecule has 1 aliphatic heterocycles. The summed E-state index contributed by atoms with van der Waals surface area (Å²) in [4.78, 5) is 27.5. The van der Waals surface area contributed by atoms with Gasteiger partial charge in [0.1, 0.15) is 5.78 Å². The molecular weight excluding hydrogens is 310 g/mol. The van der Waals surface area contributed by atoms with Crippen LogP contribution in [0.25, 0.3) is 0 Å². The van der Waals surface area contributed by atoms with Crippen LogP contribution in [0.5, 0.6) is 0 Å². The number of rotatable bonds is 1. The van der Waals surface area contributed by atoms with E-state index in [4.69, 9.17) is 0 Å². The molecule has 0 radical (unpaired) electrons. The van der Waals surface area contributed by atoms with E-state index in [-0.39, 0.29) is 16.7 Å². The van der Waals surface area contributed by atoms with Gasteiger partial charge in [-0.25, -0.2) is 0 Å². The Morgan fingerprint density at radius 1 is 1.04 bits per heavy atom. The van der Waals surface area contributed by atoms with Gasteiger partial charge in [-0.05, 0) is 67.6 Å². The van der Waals surface area contributed by atoms with Gasteiger partial charge in [0, 0.05) is 30.8 Å². The van der Waals surface area contributed by atoms with Crippen LogP contribution in [0.3, 0.4) is 0 Å². The number of nitrogens with zero attached hydrogens (tertiary/aromatic N) is 1. The maximum atomic E-state index is 13.2. The lowest BCUT2D eigenvalue weighted by Crippen LogP contribution is -2.61. The van der Waals surface area contributed by atoms with Crippen LogP contribution in [-0.2, 0) is 9.59 Å². The average molecular weight is 346 g/mol. The van der Waals surface area contributed by atoms with Crippen LogP contribution < -0.4 is 0 Å². The molecule has 25 heavy (non-hydrogen) atoms. The molecule has 3 heteroatoms. The van der Waals surface area contributed by atoms with Gasteiger partial charge in [-0.1, -0.05) is 27.7 Å². The summed E-state index contributed by atoms with van der Waals surface area (Å²) in [6.45, 7) is 9.18. The van der Waals surface area contributed by atoms with Crippen molar-refractivity contribution in [3.05, 3.63) is 0 Å². The molecule has 4 rings (SSSR count). The fourth-order valence-electron chi connectivity index (χ4n) is 7.59. The lowest BCUT2D eigenvalue weighted by atomic mass is 9.47. The van der Waals surface area contributed by atoms with E-state index in [1.165, 1.54) is 12.8 Å². The summed E-state index contributed by atoms with van der Waals surface area (Å²) >= 11 is 0. The Bertz CT molecular complexity index is 599. The van der Waals surface area contributed by atoms with Crippen LogP contribution in [0.15, 0.2) is 0 Å². The zero-order chi connectivity index (χ0) is 18.1. The molecule has 0 spiro atoms. The van der Waals surface area contributed by atoms with Crippen molar-refractivity contribution in [2.75, 3.05) is 7.05 Å². The number of fused-ring (bicyclic) bond motifs is 5. The third-order valence-electron chi connectivity index (χ3n) is 9.16. The first kappa shape index (κ1) is 17.5. The second kappa shape index (κ2) is 5.57. The molecule has 4 fully saturated rings. The molecule has 3 saturated carbocycles. The largest absolute Gasteiger partial charge is 0.342 e. The topological polar surface area (TPSA) is 37.4 Å². The monoisotopic (exact) mass is 345 g/mol. The Balaban J connectivity index is 1.65. The quantitative estimate of drug-likeness (QED) is 0.710. The van der Waals surface area contributed by atoms with Gasteiger partial charge < -0.3 is 4.90 Å². The van der Waals surface area contributed by atoms with Crippen LogP contribution in [0.4, 0.5) is 0 Å². The second-order valence-electron chi connectivity index (χ2n) is 10.4. The van der Waals surface area contributed by atoms with E-state index >= 15 is 0 Å². The molecule has 5 unspecified atom stereocenters. The van der Waals surface area contributed by atoms with Gasteiger partial charge in [-0.2, -0.15) is 0 Å². The predicted molar refractivity (Wildman–Crippen MR) is 98.9 cm³/mol. The van der Waals surface area contributed by atoms with Crippen LogP contribution in [0, 0.1) is 40.4 Å². The van der Waals surface area contributed by atoms with Crippen LogP contribution in [0.1, 0.15) is 72.6 Å². The summed E-state index contributed by atoms with van der Waals surface area (Å²) in [5.74, 6) is 3.60. The zero-order valence-corrected chi connectivity index (χ0v) is 16.7. The van der Waals surface area contributed by atoms with Gasteiger partial charge in [0.05, 0.1) is 0 Å². The maximum Gasteiger partial charge on any atom is 0.222 e. The van der Waals surface area contributed by atoms with Crippen molar-refractivity contribution in [1.82, 2.24) is 4.90 Å².